The Morgan fingerprint density at radius 3 is 2.55 bits per heavy atom. The first-order valence-electron chi connectivity index (χ1n) is 11.1. The Labute approximate surface area is 194 Å². The fraction of sp³-hybridized carbons (Fsp3) is 0.417. The molecule has 0 atom stereocenters. The van der Waals surface area contributed by atoms with Gasteiger partial charge in [-0.1, -0.05) is 19.1 Å². The maximum atomic E-state index is 13.2. The summed E-state index contributed by atoms with van der Waals surface area (Å²) in [7, 11) is -3.69. The van der Waals surface area contributed by atoms with E-state index in [2.05, 4.69) is 5.32 Å². The van der Waals surface area contributed by atoms with Crippen molar-refractivity contribution in [3.05, 3.63) is 53.6 Å². The van der Waals surface area contributed by atoms with Crippen molar-refractivity contribution in [3.63, 3.8) is 0 Å². The van der Waals surface area contributed by atoms with Crippen molar-refractivity contribution in [1.82, 2.24) is 4.31 Å². The fourth-order valence-corrected chi connectivity index (χ4v) is 5.71. The van der Waals surface area contributed by atoms with Gasteiger partial charge in [0, 0.05) is 24.5 Å². The van der Waals surface area contributed by atoms with Crippen molar-refractivity contribution in [2.24, 2.45) is 0 Å². The van der Waals surface area contributed by atoms with E-state index in [-0.39, 0.29) is 23.3 Å². The molecular weight excluding hydrogens is 442 g/mol. The van der Waals surface area contributed by atoms with Crippen LogP contribution in [0.15, 0.2) is 47.4 Å². The van der Waals surface area contributed by atoms with E-state index in [1.54, 1.807) is 26.0 Å². The highest BCUT2D eigenvalue weighted by Crippen LogP contribution is 2.42. The van der Waals surface area contributed by atoms with Crippen LogP contribution in [0.4, 0.5) is 11.4 Å². The molecule has 2 aromatic rings. The van der Waals surface area contributed by atoms with Gasteiger partial charge < -0.3 is 15.0 Å². The van der Waals surface area contributed by atoms with Crippen molar-refractivity contribution < 1.29 is 22.7 Å². The number of aryl methyl sites for hydroxylation is 1. The van der Waals surface area contributed by atoms with Gasteiger partial charge in [0.2, 0.25) is 21.8 Å². The van der Waals surface area contributed by atoms with Crippen LogP contribution in [0, 0.1) is 0 Å². The third-order valence-corrected chi connectivity index (χ3v) is 8.14. The molecule has 1 saturated heterocycles. The van der Waals surface area contributed by atoms with E-state index in [1.165, 1.54) is 15.3 Å². The number of hydrogen-bond donors (Lipinski definition) is 1. The number of carbonyl (C=O) groups excluding carboxylic acids is 2. The van der Waals surface area contributed by atoms with Gasteiger partial charge in [0.1, 0.15) is 6.54 Å². The first-order valence-corrected chi connectivity index (χ1v) is 12.5. The Morgan fingerprint density at radius 2 is 1.85 bits per heavy atom. The second kappa shape index (κ2) is 8.89. The number of fused-ring (bicyclic) bond motifs is 1. The van der Waals surface area contributed by atoms with Crippen LogP contribution in [-0.2, 0) is 36.2 Å². The Balaban J connectivity index is 1.59. The van der Waals surface area contributed by atoms with Crippen LogP contribution in [0.1, 0.15) is 31.9 Å². The van der Waals surface area contributed by atoms with Gasteiger partial charge in [-0.2, -0.15) is 4.31 Å². The van der Waals surface area contributed by atoms with Crippen molar-refractivity contribution >= 4 is 33.2 Å². The van der Waals surface area contributed by atoms with E-state index in [0.29, 0.717) is 43.2 Å². The van der Waals surface area contributed by atoms with Crippen LogP contribution in [0.2, 0.25) is 0 Å². The minimum absolute atomic E-state index is 0.145. The third-order valence-electron chi connectivity index (χ3n) is 6.24. The summed E-state index contributed by atoms with van der Waals surface area (Å²) < 4.78 is 32.9. The zero-order valence-electron chi connectivity index (χ0n) is 19.1. The van der Waals surface area contributed by atoms with Gasteiger partial charge in [0.25, 0.3) is 0 Å². The Morgan fingerprint density at radius 1 is 1.12 bits per heavy atom. The SMILES string of the molecule is CCc1cccc(NC(=O)CN2C(=O)C(C)(C)c3cc(S(=O)(=O)N4CCOCC4)ccc32)c1. The number of sulfonamides is 1. The van der Waals surface area contributed by atoms with Gasteiger partial charge in [0.05, 0.1) is 23.5 Å². The first kappa shape index (κ1) is 23.4. The number of anilines is 2. The monoisotopic (exact) mass is 471 g/mol. The highest BCUT2D eigenvalue weighted by molar-refractivity contribution is 7.89. The summed E-state index contributed by atoms with van der Waals surface area (Å²) in [5.74, 6) is -0.554. The molecule has 0 unspecified atom stereocenters. The number of nitrogens with zero attached hydrogens (tertiary/aromatic N) is 2. The number of hydrogen-bond acceptors (Lipinski definition) is 5. The van der Waals surface area contributed by atoms with E-state index >= 15 is 0 Å². The molecule has 0 saturated carbocycles. The van der Waals surface area contributed by atoms with Crippen LogP contribution in [0.3, 0.4) is 0 Å². The lowest BCUT2D eigenvalue weighted by atomic mass is 9.86. The molecule has 2 heterocycles. The van der Waals surface area contributed by atoms with E-state index in [9.17, 15) is 18.0 Å². The number of ether oxygens (including phenoxy) is 1. The summed E-state index contributed by atoms with van der Waals surface area (Å²) >= 11 is 0. The molecule has 2 aromatic carbocycles. The Hall–Kier alpha value is -2.75. The predicted octanol–water partition coefficient (Wildman–Crippen LogP) is 2.53. The molecule has 9 heteroatoms. The number of rotatable bonds is 6. The largest absolute Gasteiger partial charge is 0.379 e. The lowest BCUT2D eigenvalue weighted by Crippen LogP contribution is -2.41. The number of nitrogens with one attached hydrogen (secondary N) is 1. The Bertz CT molecular complexity index is 1190. The second-order valence-corrected chi connectivity index (χ2v) is 10.8. The molecule has 0 aliphatic carbocycles. The zero-order chi connectivity index (χ0) is 23.8. The van der Waals surface area contributed by atoms with E-state index < -0.39 is 15.4 Å². The summed E-state index contributed by atoms with van der Waals surface area (Å²) in [6, 6.07) is 12.3. The molecule has 4 rings (SSSR count). The molecule has 0 aromatic heterocycles. The van der Waals surface area contributed by atoms with Gasteiger partial charge in [-0.15, -0.1) is 0 Å². The van der Waals surface area contributed by atoms with Crippen molar-refractivity contribution in [1.29, 1.82) is 0 Å². The molecule has 33 heavy (non-hydrogen) atoms. The lowest BCUT2D eigenvalue weighted by Gasteiger charge is -2.26. The van der Waals surface area contributed by atoms with Crippen molar-refractivity contribution in [2.45, 2.75) is 37.5 Å². The highest BCUT2D eigenvalue weighted by atomic mass is 32.2. The van der Waals surface area contributed by atoms with Gasteiger partial charge in [-0.05, 0) is 61.7 Å². The van der Waals surface area contributed by atoms with E-state index in [4.69, 9.17) is 4.74 Å². The quantitative estimate of drug-likeness (QED) is 0.699. The number of morpholine rings is 1. The molecule has 1 fully saturated rings. The molecule has 0 spiro atoms. The third kappa shape index (κ3) is 4.40. The average molecular weight is 472 g/mol. The second-order valence-electron chi connectivity index (χ2n) is 8.81. The number of carbonyl (C=O) groups is 2. The molecule has 0 radical (unpaired) electrons. The molecule has 2 amide bonds. The average Bonchev–Trinajstić information content (AvgIpc) is 3.00. The van der Waals surface area contributed by atoms with E-state index in [0.717, 1.165) is 12.0 Å². The molecule has 1 N–H and O–H groups in total. The summed E-state index contributed by atoms with van der Waals surface area (Å²) in [6.07, 6.45) is 0.853. The van der Waals surface area contributed by atoms with Gasteiger partial charge >= 0.3 is 0 Å². The minimum Gasteiger partial charge on any atom is -0.379 e. The number of benzene rings is 2. The fourth-order valence-electron chi connectivity index (χ4n) is 4.28. The smallest absolute Gasteiger partial charge is 0.244 e. The van der Waals surface area contributed by atoms with Crippen molar-refractivity contribution in [3.8, 4) is 0 Å². The summed E-state index contributed by atoms with van der Waals surface area (Å²) in [5.41, 5.74) is 1.99. The van der Waals surface area contributed by atoms with Gasteiger partial charge in [-0.25, -0.2) is 8.42 Å². The maximum Gasteiger partial charge on any atom is 0.244 e. The van der Waals surface area contributed by atoms with Crippen LogP contribution in [-0.4, -0.2) is 57.4 Å². The molecular formula is C24H29N3O5S. The predicted molar refractivity (Wildman–Crippen MR) is 126 cm³/mol. The zero-order valence-corrected chi connectivity index (χ0v) is 19.9. The molecule has 0 bridgehead atoms. The van der Waals surface area contributed by atoms with Crippen LogP contribution in [0.25, 0.3) is 0 Å². The highest BCUT2D eigenvalue weighted by Gasteiger charge is 2.45. The number of amides is 2. The standard InChI is InChI=1S/C24H29N3O5S/c1-4-17-6-5-7-18(14-17)25-22(28)16-27-21-9-8-19(15-20(21)24(2,3)23(27)29)33(30,31)26-10-12-32-13-11-26/h5-9,14-15H,4,10-13,16H2,1-3H3,(H,25,28). The van der Waals surface area contributed by atoms with Gasteiger partial charge in [0.15, 0.2) is 0 Å². The maximum absolute atomic E-state index is 13.2. The summed E-state index contributed by atoms with van der Waals surface area (Å²) in [5, 5.41) is 2.85. The molecule has 2 aliphatic rings. The minimum atomic E-state index is -3.69. The van der Waals surface area contributed by atoms with Crippen molar-refractivity contribution in [2.75, 3.05) is 43.1 Å². The summed E-state index contributed by atoms with van der Waals surface area (Å²) in [6.45, 7) is 6.71. The molecule has 176 valence electrons. The van der Waals surface area contributed by atoms with Crippen LogP contribution < -0.4 is 10.2 Å². The van der Waals surface area contributed by atoms with E-state index in [1.807, 2.05) is 31.2 Å². The van der Waals surface area contributed by atoms with Crippen LogP contribution in [0.5, 0.6) is 0 Å². The summed E-state index contributed by atoms with van der Waals surface area (Å²) in [4.78, 5) is 27.5. The van der Waals surface area contributed by atoms with Crippen LogP contribution >= 0.6 is 0 Å². The first-order chi connectivity index (χ1) is 15.6. The molecule has 8 nitrogen and oxygen atoms in total. The normalized spacial score (nSPS) is 18.3. The molecule has 2 aliphatic heterocycles. The topological polar surface area (TPSA) is 96.0 Å². The van der Waals surface area contributed by atoms with Gasteiger partial charge in [-0.3, -0.25) is 9.59 Å². The Kier molecular flexibility index (Phi) is 6.30. The lowest BCUT2D eigenvalue weighted by molar-refractivity contribution is -0.124.